The number of para-hydroxylation sites is 2. The van der Waals surface area contributed by atoms with Crippen LogP contribution in [0.1, 0.15) is 26.7 Å². The van der Waals surface area contributed by atoms with Crippen molar-refractivity contribution in [3.8, 4) is 5.75 Å². The fraction of sp³-hybridized carbons (Fsp3) is 0.500. The maximum atomic E-state index is 5.34. The van der Waals surface area contributed by atoms with Crippen molar-refractivity contribution in [1.29, 1.82) is 0 Å². The number of thioether (sulfide) groups is 1. The Balaban J connectivity index is 2.18. The first kappa shape index (κ1) is 13.3. The Morgan fingerprint density at radius 2 is 2.22 bits per heavy atom. The molecule has 18 heavy (non-hydrogen) atoms. The molecule has 1 aromatic rings. The van der Waals surface area contributed by atoms with E-state index in [1.54, 1.807) is 18.9 Å². The molecule has 0 bridgehead atoms. The summed E-state index contributed by atoms with van der Waals surface area (Å²) in [6, 6.07) is 7.93. The van der Waals surface area contributed by atoms with Crippen LogP contribution in [0, 0.1) is 0 Å². The standard InChI is InChI=1S/C14H20N2OS/c1-4-14(2)9-10-18-13(16-14)15-11-7-5-6-8-12(11)17-3/h5-8H,4,9-10H2,1-3H3,(H,15,16). The van der Waals surface area contributed by atoms with Gasteiger partial charge in [-0.3, -0.25) is 4.99 Å². The Hall–Kier alpha value is -1.16. The summed E-state index contributed by atoms with van der Waals surface area (Å²) in [6.07, 6.45) is 2.22. The monoisotopic (exact) mass is 264 g/mol. The van der Waals surface area contributed by atoms with Crippen LogP contribution in [0.15, 0.2) is 29.3 Å². The van der Waals surface area contributed by atoms with E-state index in [4.69, 9.17) is 9.73 Å². The van der Waals surface area contributed by atoms with Crippen molar-refractivity contribution < 1.29 is 4.74 Å². The molecule has 3 nitrogen and oxygen atoms in total. The molecule has 1 aliphatic rings. The minimum absolute atomic E-state index is 0.0790. The van der Waals surface area contributed by atoms with Gasteiger partial charge in [0.2, 0.25) is 0 Å². The van der Waals surface area contributed by atoms with Crippen LogP contribution in [0.4, 0.5) is 5.69 Å². The molecular weight excluding hydrogens is 244 g/mol. The Kier molecular flexibility index (Phi) is 4.17. The van der Waals surface area contributed by atoms with Gasteiger partial charge in [-0.2, -0.15) is 0 Å². The van der Waals surface area contributed by atoms with Crippen molar-refractivity contribution >= 4 is 22.6 Å². The highest BCUT2D eigenvalue weighted by Crippen LogP contribution is 2.31. The minimum atomic E-state index is 0.0790. The van der Waals surface area contributed by atoms with Crippen LogP contribution in [0.2, 0.25) is 0 Å². The third-order valence-corrected chi connectivity index (χ3v) is 4.24. The molecule has 0 radical (unpaired) electrons. The summed E-state index contributed by atoms with van der Waals surface area (Å²) in [5, 5.41) is 4.37. The second-order valence-corrected chi connectivity index (χ2v) is 5.77. The van der Waals surface area contributed by atoms with Crippen LogP contribution in [-0.4, -0.2) is 23.6 Å². The predicted octanol–water partition coefficient (Wildman–Crippen LogP) is 3.77. The van der Waals surface area contributed by atoms with Crippen LogP contribution < -0.4 is 10.1 Å². The van der Waals surface area contributed by atoms with Gasteiger partial charge >= 0.3 is 0 Å². The normalized spacial score (nSPS) is 23.4. The molecule has 2 rings (SSSR count). The molecule has 0 fully saturated rings. The summed E-state index contributed by atoms with van der Waals surface area (Å²) < 4.78 is 5.34. The molecule has 0 amide bonds. The quantitative estimate of drug-likeness (QED) is 0.902. The van der Waals surface area contributed by atoms with Gasteiger partial charge in [-0.05, 0) is 31.9 Å². The highest BCUT2D eigenvalue weighted by Gasteiger charge is 2.26. The smallest absolute Gasteiger partial charge is 0.161 e. The molecule has 98 valence electrons. The van der Waals surface area contributed by atoms with Gasteiger partial charge in [-0.25, -0.2) is 0 Å². The van der Waals surface area contributed by atoms with Gasteiger partial charge in [0.25, 0.3) is 0 Å². The highest BCUT2D eigenvalue weighted by atomic mass is 32.2. The first-order valence-corrected chi connectivity index (χ1v) is 7.28. The van der Waals surface area contributed by atoms with E-state index in [0.29, 0.717) is 0 Å². The number of ether oxygens (including phenoxy) is 1. The lowest BCUT2D eigenvalue weighted by molar-refractivity contribution is 0.417. The molecular formula is C14H20N2OS. The molecule has 0 saturated carbocycles. The maximum absolute atomic E-state index is 5.34. The van der Waals surface area contributed by atoms with Crippen molar-refractivity contribution in [3.63, 3.8) is 0 Å². The van der Waals surface area contributed by atoms with E-state index in [9.17, 15) is 0 Å². The SMILES string of the molecule is CCC1(C)CCSC(Nc2ccccc2OC)=N1. The van der Waals surface area contributed by atoms with Gasteiger partial charge < -0.3 is 10.1 Å². The van der Waals surface area contributed by atoms with Gasteiger partial charge in [0.05, 0.1) is 18.3 Å². The van der Waals surface area contributed by atoms with Crippen molar-refractivity contribution in [1.82, 2.24) is 0 Å². The van der Waals surface area contributed by atoms with E-state index >= 15 is 0 Å². The maximum Gasteiger partial charge on any atom is 0.161 e. The van der Waals surface area contributed by atoms with Crippen LogP contribution in [0.25, 0.3) is 0 Å². The molecule has 1 unspecified atom stereocenters. The predicted molar refractivity (Wildman–Crippen MR) is 79.8 cm³/mol. The number of amidine groups is 1. The molecule has 0 spiro atoms. The lowest BCUT2D eigenvalue weighted by atomic mass is 9.97. The number of methoxy groups -OCH3 is 1. The number of nitrogens with zero attached hydrogens (tertiary/aromatic N) is 1. The summed E-state index contributed by atoms with van der Waals surface area (Å²) in [7, 11) is 1.69. The molecule has 0 aliphatic carbocycles. The zero-order valence-electron chi connectivity index (χ0n) is 11.2. The molecule has 1 aliphatic heterocycles. The number of aliphatic imine (C=N–C) groups is 1. The Labute approximate surface area is 113 Å². The first-order valence-electron chi connectivity index (χ1n) is 6.29. The number of hydrogen-bond acceptors (Lipinski definition) is 4. The van der Waals surface area contributed by atoms with Crippen LogP contribution in [0.3, 0.4) is 0 Å². The van der Waals surface area contributed by atoms with Gasteiger partial charge in [0.1, 0.15) is 5.75 Å². The van der Waals surface area contributed by atoms with Gasteiger partial charge in [-0.1, -0.05) is 30.8 Å². The molecule has 0 saturated heterocycles. The summed E-state index contributed by atoms with van der Waals surface area (Å²) in [4.78, 5) is 4.82. The van der Waals surface area contributed by atoms with Crippen LogP contribution in [-0.2, 0) is 0 Å². The molecule has 1 atom stereocenters. The van der Waals surface area contributed by atoms with Gasteiger partial charge in [0, 0.05) is 5.75 Å². The van der Waals surface area contributed by atoms with Gasteiger partial charge in [0.15, 0.2) is 5.17 Å². The van der Waals surface area contributed by atoms with Crippen molar-refractivity contribution in [2.45, 2.75) is 32.2 Å². The highest BCUT2D eigenvalue weighted by molar-refractivity contribution is 8.14. The number of benzene rings is 1. The number of rotatable bonds is 3. The van der Waals surface area contributed by atoms with Crippen LogP contribution in [0.5, 0.6) is 5.75 Å². The average molecular weight is 264 g/mol. The fourth-order valence-electron chi connectivity index (χ4n) is 1.88. The molecule has 1 N–H and O–H groups in total. The van der Waals surface area contributed by atoms with Crippen LogP contribution >= 0.6 is 11.8 Å². The fourth-order valence-corrected chi connectivity index (χ4v) is 3.09. The third kappa shape index (κ3) is 2.99. The topological polar surface area (TPSA) is 33.6 Å². The third-order valence-electron chi connectivity index (χ3n) is 3.36. The number of hydrogen-bond donors (Lipinski definition) is 1. The molecule has 0 aromatic heterocycles. The second kappa shape index (κ2) is 5.65. The minimum Gasteiger partial charge on any atom is -0.495 e. The van der Waals surface area contributed by atoms with Crippen molar-refractivity contribution in [2.75, 3.05) is 18.2 Å². The average Bonchev–Trinajstić information content (AvgIpc) is 2.39. The Morgan fingerprint density at radius 1 is 1.44 bits per heavy atom. The Bertz CT molecular complexity index is 447. The zero-order valence-corrected chi connectivity index (χ0v) is 12.0. The summed E-state index contributed by atoms with van der Waals surface area (Å²) in [6.45, 7) is 4.41. The molecule has 1 heterocycles. The van der Waals surface area contributed by atoms with Gasteiger partial charge in [-0.15, -0.1) is 0 Å². The van der Waals surface area contributed by atoms with Crippen molar-refractivity contribution in [3.05, 3.63) is 24.3 Å². The lowest BCUT2D eigenvalue weighted by Crippen LogP contribution is -2.29. The largest absolute Gasteiger partial charge is 0.495 e. The summed E-state index contributed by atoms with van der Waals surface area (Å²) >= 11 is 1.78. The second-order valence-electron chi connectivity index (χ2n) is 4.69. The number of anilines is 1. The Morgan fingerprint density at radius 3 is 2.94 bits per heavy atom. The lowest BCUT2D eigenvalue weighted by Gasteiger charge is -2.29. The zero-order chi connectivity index (χ0) is 13.0. The molecule has 1 aromatic carbocycles. The van der Waals surface area contributed by atoms with E-state index in [-0.39, 0.29) is 5.54 Å². The van der Waals surface area contributed by atoms with E-state index < -0.39 is 0 Å². The van der Waals surface area contributed by atoms with Crippen molar-refractivity contribution in [2.24, 2.45) is 4.99 Å². The van der Waals surface area contributed by atoms with E-state index in [1.165, 1.54) is 0 Å². The van der Waals surface area contributed by atoms with E-state index in [2.05, 4.69) is 19.2 Å². The number of nitrogens with one attached hydrogen (secondary N) is 1. The summed E-state index contributed by atoms with van der Waals surface area (Å²) in [5.74, 6) is 1.97. The van der Waals surface area contributed by atoms with E-state index in [0.717, 1.165) is 35.2 Å². The molecule has 4 heteroatoms. The first-order chi connectivity index (χ1) is 8.67. The summed E-state index contributed by atoms with van der Waals surface area (Å²) in [5.41, 5.74) is 1.06. The van der Waals surface area contributed by atoms with E-state index in [1.807, 2.05) is 24.3 Å².